The van der Waals surface area contributed by atoms with Crippen molar-refractivity contribution in [2.75, 3.05) is 11.9 Å². The van der Waals surface area contributed by atoms with Gasteiger partial charge in [-0.05, 0) is 41.1 Å². The van der Waals surface area contributed by atoms with Gasteiger partial charge in [-0.15, -0.1) is 11.3 Å². The van der Waals surface area contributed by atoms with E-state index in [0.29, 0.717) is 11.6 Å². The summed E-state index contributed by atoms with van der Waals surface area (Å²) in [7, 11) is 1.80. The van der Waals surface area contributed by atoms with Crippen molar-refractivity contribution in [3.63, 3.8) is 0 Å². The van der Waals surface area contributed by atoms with Gasteiger partial charge < -0.3 is 10.0 Å². The maximum Gasteiger partial charge on any atom is 0.354 e. The summed E-state index contributed by atoms with van der Waals surface area (Å²) in [4.78, 5) is 21.0. The van der Waals surface area contributed by atoms with Crippen molar-refractivity contribution in [2.45, 2.75) is 6.92 Å². The molecule has 0 aliphatic rings. The Balaban J connectivity index is 2.41. The minimum Gasteiger partial charge on any atom is -0.477 e. The topological polar surface area (TPSA) is 66.3 Å². The van der Waals surface area contributed by atoms with Crippen molar-refractivity contribution in [1.82, 2.24) is 9.97 Å². The number of thiophene rings is 1. The number of nitrogens with zero attached hydrogens (tertiary/aromatic N) is 3. The fourth-order valence-electron chi connectivity index (χ4n) is 1.40. The van der Waals surface area contributed by atoms with E-state index in [0.717, 1.165) is 8.79 Å². The zero-order chi connectivity index (χ0) is 13.3. The summed E-state index contributed by atoms with van der Waals surface area (Å²) in [5.74, 6) is -0.677. The molecule has 2 heterocycles. The van der Waals surface area contributed by atoms with Crippen molar-refractivity contribution in [3.05, 3.63) is 33.4 Å². The Hall–Kier alpha value is -1.47. The number of hydrogen-bond donors (Lipinski definition) is 1. The molecule has 0 atom stereocenters. The first kappa shape index (κ1) is 13.0. The highest BCUT2D eigenvalue weighted by Gasteiger charge is 2.14. The Kier molecular flexibility index (Phi) is 3.63. The van der Waals surface area contributed by atoms with Crippen molar-refractivity contribution in [1.29, 1.82) is 0 Å². The first-order valence-electron chi connectivity index (χ1n) is 5.05. The quantitative estimate of drug-likeness (QED) is 0.938. The Labute approximate surface area is 116 Å². The molecule has 0 unspecified atom stereocenters. The predicted octanol–water partition coefficient (Wildman–Crippen LogP) is 3.08. The highest BCUT2D eigenvalue weighted by atomic mass is 79.9. The molecule has 5 nitrogen and oxygen atoms in total. The molecule has 0 spiro atoms. The molecule has 94 valence electrons. The van der Waals surface area contributed by atoms with Gasteiger partial charge in [0.2, 0.25) is 5.95 Å². The normalized spacial score (nSPS) is 10.4. The zero-order valence-electron chi connectivity index (χ0n) is 9.72. The second-order valence-corrected chi connectivity index (χ2v) is 6.08. The number of carboxylic acid groups (broad SMARTS) is 1. The lowest BCUT2D eigenvalue weighted by molar-refractivity contribution is 0.0690. The van der Waals surface area contributed by atoms with Crippen LogP contribution >= 0.6 is 27.3 Å². The largest absolute Gasteiger partial charge is 0.477 e. The lowest BCUT2D eigenvalue weighted by Gasteiger charge is -2.15. The van der Waals surface area contributed by atoms with Crippen molar-refractivity contribution in [3.8, 4) is 0 Å². The molecule has 0 fully saturated rings. The third-order valence-electron chi connectivity index (χ3n) is 2.25. The minimum atomic E-state index is -1.05. The average molecular weight is 328 g/mol. The number of carbonyl (C=O) groups is 1. The van der Waals surface area contributed by atoms with Gasteiger partial charge in [-0.2, -0.15) is 0 Å². The van der Waals surface area contributed by atoms with Gasteiger partial charge in [0.15, 0.2) is 5.69 Å². The summed E-state index contributed by atoms with van der Waals surface area (Å²) in [5, 5.41) is 9.91. The van der Waals surface area contributed by atoms with Crippen LogP contribution in [0.25, 0.3) is 0 Å². The monoisotopic (exact) mass is 327 g/mol. The molecule has 0 aliphatic carbocycles. The number of aromatic nitrogens is 2. The summed E-state index contributed by atoms with van der Waals surface area (Å²) >= 11 is 4.91. The van der Waals surface area contributed by atoms with E-state index in [1.54, 1.807) is 18.9 Å². The molecule has 0 saturated carbocycles. The molecular weight excluding hydrogens is 318 g/mol. The molecule has 0 radical (unpaired) electrons. The molecule has 0 aliphatic heterocycles. The Morgan fingerprint density at radius 2 is 2.17 bits per heavy atom. The Bertz CT molecular complexity index is 600. The van der Waals surface area contributed by atoms with E-state index in [1.807, 2.05) is 12.1 Å². The van der Waals surface area contributed by atoms with E-state index in [2.05, 4.69) is 25.9 Å². The molecular formula is C11H10BrN3O2S. The van der Waals surface area contributed by atoms with Gasteiger partial charge in [-0.3, -0.25) is 0 Å². The van der Waals surface area contributed by atoms with Crippen LogP contribution < -0.4 is 4.90 Å². The summed E-state index contributed by atoms with van der Waals surface area (Å²) in [6, 6.07) is 5.29. The van der Waals surface area contributed by atoms with Crippen molar-refractivity contribution in [2.24, 2.45) is 0 Å². The van der Waals surface area contributed by atoms with Crippen LogP contribution in [0.4, 0.5) is 10.9 Å². The summed E-state index contributed by atoms with van der Waals surface area (Å²) in [6.07, 6.45) is 0. The number of aromatic carboxylic acids is 1. The van der Waals surface area contributed by atoms with Gasteiger partial charge in [0.1, 0.15) is 0 Å². The standard InChI is InChI=1S/C11H10BrN3O2S/c1-6-5-7(10(16)17)14-11(13-6)15(2)9-4-3-8(12)18-9/h3-5H,1-2H3,(H,16,17). The van der Waals surface area contributed by atoms with E-state index in [4.69, 9.17) is 5.11 Å². The van der Waals surface area contributed by atoms with Crippen LogP contribution in [0.15, 0.2) is 22.0 Å². The van der Waals surface area contributed by atoms with E-state index >= 15 is 0 Å². The summed E-state index contributed by atoms with van der Waals surface area (Å²) in [6.45, 7) is 1.75. The molecule has 0 amide bonds. The third-order valence-corrected chi connectivity index (χ3v) is 3.95. The second kappa shape index (κ2) is 5.03. The van der Waals surface area contributed by atoms with E-state index in [9.17, 15) is 4.79 Å². The molecule has 0 aromatic carbocycles. The number of rotatable bonds is 3. The zero-order valence-corrected chi connectivity index (χ0v) is 12.1. The number of anilines is 2. The predicted molar refractivity (Wildman–Crippen MR) is 73.8 cm³/mol. The Morgan fingerprint density at radius 3 is 2.72 bits per heavy atom. The van der Waals surface area contributed by atoms with E-state index < -0.39 is 5.97 Å². The molecule has 0 bridgehead atoms. The van der Waals surface area contributed by atoms with Crippen LogP contribution in [0.5, 0.6) is 0 Å². The van der Waals surface area contributed by atoms with Crippen LogP contribution in [0.2, 0.25) is 0 Å². The molecule has 2 aromatic heterocycles. The van der Waals surface area contributed by atoms with Gasteiger partial charge in [-0.1, -0.05) is 0 Å². The highest BCUT2D eigenvalue weighted by molar-refractivity contribution is 9.11. The highest BCUT2D eigenvalue weighted by Crippen LogP contribution is 2.32. The van der Waals surface area contributed by atoms with E-state index in [1.165, 1.54) is 17.4 Å². The number of hydrogen-bond acceptors (Lipinski definition) is 5. The second-order valence-electron chi connectivity index (χ2n) is 3.64. The smallest absolute Gasteiger partial charge is 0.354 e. The maximum atomic E-state index is 11.0. The van der Waals surface area contributed by atoms with Gasteiger partial charge in [0.05, 0.1) is 8.79 Å². The lowest BCUT2D eigenvalue weighted by Crippen LogP contribution is -2.14. The van der Waals surface area contributed by atoms with Gasteiger partial charge in [-0.25, -0.2) is 14.8 Å². The maximum absolute atomic E-state index is 11.0. The van der Waals surface area contributed by atoms with Crippen LogP contribution in [-0.2, 0) is 0 Å². The van der Waals surface area contributed by atoms with Crippen molar-refractivity contribution < 1.29 is 9.90 Å². The van der Waals surface area contributed by atoms with Crippen LogP contribution in [0.1, 0.15) is 16.2 Å². The van der Waals surface area contributed by atoms with Crippen LogP contribution in [0, 0.1) is 6.92 Å². The fourth-order valence-corrected chi connectivity index (χ4v) is 2.72. The molecule has 18 heavy (non-hydrogen) atoms. The minimum absolute atomic E-state index is 0.0000261. The fraction of sp³-hybridized carbons (Fsp3) is 0.182. The van der Waals surface area contributed by atoms with Crippen molar-refractivity contribution >= 4 is 44.2 Å². The van der Waals surface area contributed by atoms with Gasteiger partial charge in [0, 0.05) is 12.7 Å². The summed E-state index contributed by atoms with van der Waals surface area (Å²) < 4.78 is 0.996. The first-order chi connectivity index (χ1) is 8.47. The van der Waals surface area contributed by atoms with Gasteiger partial charge >= 0.3 is 5.97 Å². The number of carboxylic acids is 1. The van der Waals surface area contributed by atoms with Crippen LogP contribution in [-0.4, -0.2) is 28.1 Å². The average Bonchev–Trinajstić information content (AvgIpc) is 2.74. The van der Waals surface area contributed by atoms with Gasteiger partial charge in [0.25, 0.3) is 0 Å². The molecule has 0 saturated heterocycles. The molecule has 2 rings (SSSR count). The number of halogens is 1. The van der Waals surface area contributed by atoms with E-state index in [-0.39, 0.29) is 5.69 Å². The molecule has 7 heteroatoms. The molecule has 1 N–H and O–H groups in total. The SMILES string of the molecule is Cc1cc(C(=O)O)nc(N(C)c2ccc(Br)s2)n1. The first-order valence-corrected chi connectivity index (χ1v) is 6.66. The van der Waals surface area contributed by atoms with Crippen LogP contribution in [0.3, 0.4) is 0 Å². The number of aryl methyl sites for hydroxylation is 1. The third kappa shape index (κ3) is 2.68. The lowest BCUT2D eigenvalue weighted by atomic mass is 10.3. The summed E-state index contributed by atoms with van der Waals surface area (Å²) in [5.41, 5.74) is 0.625. The Morgan fingerprint density at radius 1 is 1.44 bits per heavy atom. The molecule has 2 aromatic rings.